The standard InChI is InChI=1S/C11H10N3O/c1-8-7-9(12)4-5-10(8)15-11-3-2-6-13-14-11/h2-7,12H,1H3. The molecule has 75 valence electrons. The summed E-state index contributed by atoms with van der Waals surface area (Å²) in [5.74, 6) is 1.16. The lowest BCUT2D eigenvalue weighted by atomic mass is 10.2. The van der Waals surface area contributed by atoms with Gasteiger partial charge < -0.3 is 10.5 Å². The Hall–Kier alpha value is -2.10. The quantitative estimate of drug-likeness (QED) is 0.748. The van der Waals surface area contributed by atoms with Crippen molar-refractivity contribution >= 4 is 5.69 Å². The molecule has 0 bridgehead atoms. The number of hydrogen-bond donors (Lipinski definition) is 0. The van der Waals surface area contributed by atoms with Crippen LogP contribution in [0.1, 0.15) is 5.56 Å². The van der Waals surface area contributed by atoms with Crippen molar-refractivity contribution in [2.75, 3.05) is 0 Å². The lowest BCUT2D eigenvalue weighted by molar-refractivity contribution is 0.452. The van der Waals surface area contributed by atoms with Gasteiger partial charge in [-0.15, -0.1) is 5.10 Å². The third kappa shape index (κ3) is 2.22. The maximum Gasteiger partial charge on any atom is 0.238 e. The maximum atomic E-state index is 7.43. The summed E-state index contributed by atoms with van der Waals surface area (Å²) < 4.78 is 5.51. The van der Waals surface area contributed by atoms with E-state index in [9.17, 15) is 0 Å². The molecule has 1 aromatic carbocycles. The van der Waals surface area contributed by atoms with Gasteiger partial charge in [-0.05, 0) is 36.8 Å². The SMILES string of the molecule is Cc1cc([NH])ccc1Oc1cccnn1. The molecular weight excluding hydrogens is 190 g/mol. The van der Waals surface area contributed by atoms with Gasteiger partial charge in [0, 0.05) is 12.3 Å². The fourth-order valence-corrected chi connectivity index (χ4v) is 1.22. The molecule has 1 radical (unpaired) electrons. The number of ether oxygens (including phenoxy) is 1. The molecule has 2 rings (SSSR count). The molecule has 4 nitrogen and oxygen atoms in total. The van der Waals surface area contributed by atoms with Crippen molar-refractivity contribution in [1.82, 2.24) is 15.9 Å². The Morgan fingerprint density at radius 1 is 1.27 bits per heavy atom. The lowest BCUT2D eigenvalue weighted by Gasteiger charge is -2.06. The van der Waals surface area contributed by atoms with Crippen LogP contribution >= 0.6 is 0 Å². The summed E-state index contributed by atoms with van der Waals surface area (Å²) in [6.07, 6.45) is 1.59. The van der Waals surface area contributed by atoms with Gasteiger partial charge in [-0.2, -0.15) is 5.10 Å². The molecule has 1 heterocycles. The van der Waals surface area contributed by atoms with Gasteiger partial charge in [0.05, 0.1) is 5.69 Å². The highest BCUT2D eigenvalue weighted by Gasteiger charge is 2.02. The molecule has 0 unspecified atom stereocenters. The average molecular weight is 200 g/mol. The highest BCUT2D eigenvalue weighted by Crippen LogP contribution is 2.24. The maximum absolute atomic E-state index is 7.43. The van der Waals surface area contributed by atoms with E-state index in [1.165, 1.54) is 0 Å². The molecule has 0 spiro atoms. The van der Waals surface area contributed by atoms with E-state index in [1.807, 2.05) is 6.92 Å². The Kier molecular flexibility index (Phi) is 2.49. The normalized spacial score (nSPS) is 9.93. The summed E-state index contributed by atoms with van der Waals surface area (Å²) in [7, 11) is 0. The first-order valence-electron chi connectivity index (χ1n) is 4.53. The zero-order valence-electron chi connectivity index (χ0n) is 8.27. The number of aryl methyl sites for hydroxylation is 1. The minimum absolute atomic E-state index is 0.457. The van der Waals surface area contributed by atoms with E-state index in [0.717, 1.165) is 5.56 Å². The van der Waals surface area contributed by atoms with Gasteiger partial charge in [0.25, 0.3) is 0 Å². The molecule has 1 aromatic heterocycles. The van der Waals surface area contributed by atoms with E-state index in [2.05, 4.69) is 10.2 Å². The zero-order valence-corrected chi connectivity index (χ0v) is 8.27. The monoisotopic (exact) mass is 200 g/mol. The van der Waals surface area contributed by atoms with Gasteiger partial charge in [0.1, 0.15) is 5.75 Å². The Labute approximate surface area is 87.7 Å². The van der Waals surface area contributed by atoms with Crippen LogP contribution in [0.5, 0.6) is 11.6 Å². The molecular formula is C11H10N3O. The van der Waals surface area contributed by atoms with Crippen molar-refractivity contribution in [2.24, 2.45) is 0 Å². The fraction of sp³-hybridized carbons (Fsp3) is 0.0909. The van der Waals surface area contributed by atoms with Crippen molar-refractivity contribution in [3.63, 3.8) is 0 Å². The van der Waals surface area contributed by atoms with Gasteiger partial charge in [-0.3, -0.25) is 0 Å². The molecule has 0 aliphatic carbocycles. The number of nitrogens with zero attached hydrogens (tertiary/aromatic N) is 2. The fourth-order valence-electron chi connectivity index (χ4n) is 1.22. The lowest BCUT2D eigenvalue weighted by Crippen LogP contribution is -1.91. The minimum atomic E-state index is 0.457. The summed E-state index contributed by atoms with van der Waals surface area (Å²) in [5.41, 5.74) is 8.81. The summed E-state index contributed by atoms with van der Waals surface area (Å²) >= 11 is 0. The molecule has 15 heavy (non-hydrogen) atoms. The van der Waals surface area contributed by atoms with Crippen molar-refractivity contribution in [3.8, 4) is 11.6 Å². The summed E-state index contributed by atoms with van der Waals surface area (Å²) in [6, 6.07) is 8.67. The minimum Gasteiger partial charge on any atom is -0.437 e. The molecule has 4 heteroatoms. The first-order valence-corrected chi connectivity index (χ1v) is 4.53. The van der Waals surface area contributed by atoms with E-state index in [1.54, 1.807) is 36.5 Å². The van der Waals surface area contributed by atoms with Crippen LogP contribution in [-0.4, -0.2) is 10.2 Å². The van der Waals surface area contributed by atoms with Gasteiger partial charge in [-0.25, -0.2) is 0 Å². The first kappa shape index (κ1) is 9.45. The van der Waals surface area contributed by atoms with Gasteiger partial charge >= 0.3 is 0 Å². The van der Waals surface area contributed by atoms with E-state index in [0.29, 0.717) is 17.3 Å². The smallest absolute Gasteiger partial charge is 0.238 e. The van der Waals surface area contributed by atoms with Crippen LogP contribution in [0.4, 0.5) is 5.69 Å². The van der Waals surface area contributed by atoms with Crippen molar-refractivity contribution in [1.29, 1.82) is 0 Å². The molecule has 0 fully saturated rings. The molecule has 0 saturated heterocycles. The molecule has 0 aliphatic rings. The van der Waals surface area contributed by atoms with Crippen LogP contribution in [0.15, 0.2) is 36.5 Å². The van der Waals surface area contributed by atoms with Crippen LogP contribution in [0.2, 0.25) is 0 Å². The average Bonchev–Trinajstić information content (AvgIpc) is 2.24. The van der Waals surface area contributed by atoms with E-state index >= 15 is 0 Å². The van der Waals surface area contributed by atoms with Gasteiger partial charge in [-0.1, -0.05) is 0 Å². The Morgan fingerprint density at radius 2 is 2.13 bits per heavy atom. The van der Waals surface area contributed by atoms with E-state index in [-0.39, 0.29) is 0 Å². The molecule has 1 N–H and O–H groups in total. The number of hydrogen-bond acceptors (Lipinski definition) is 3. The van der Waals surface area contributed by atoms with Gasteiger partial charge in [0.15, 0.2) is 0 Å². The van der Waals surface area contributed by atoms with E-state index in [4.69, 9.17) is 10.5 Å². The number of rotatable bonds is 2. The van der Waals surface area contributed by atoms with Crippen molar-refractivity contribution in [2.45, 2.75) is 6.92 Å². The second kappa shape index (κ2) is 3.96. The van der Waals surface area contributed by atoms with Crippen LogP contribution in [0, 0.1) is 6.92 Å². The van der Waals surface area contributed by atoms with E-state index < -0.39 is 0 Å². The topological polar surface area (TPSA) is 58.8 Å². The molecule has 0 amide bonds. The van der Waals surface area contributed by atoms with Crippen LogP contribution < -0.4 is 10.5 Å². The predicted octanol–water partition coefficient (Wildman–Crippen LogP) is 2.49. The highest BCUT2D eigenvalue weighted by molar-refractivity contribution is 5.45. The summed E-state index contributed by atoms with van der Waals surface area (Å²) in [4.78, 5) is 0. The largest absolute Gasteiger partial charge is 0.437 e. The van der Waals surface area contributed by atoms with Crippen LogP contribution in [0.3, 0.4) is 0 Å². The Morgan fingerprint density at radius 3 is 2.80 bits per heavy atom. The van der Waals surface area contributed by atoms with Crippen LogP contribution in [-0.2, 0) is 0 Å². The Bertz CT molecular complexity index is 457. The molecule has 0 aliphatic heterocycles. The van der Waals surface area contributed by atoms with Gasteiger partial charge in [0.2, 0.25) is 5.88 Å². The number of aromatic nitrogens is 2. The summed E-state index contributed by atoms with van der Waals surface area (Å²) in [5, 5.41) is 7.53. The summed E-state index contributed by atoms with van der Waals surface area (Å²) in [6.45, 7) is 1.89. The second-order valence-electron chi connectivity index (χ2n) is 3.14. The van der Waals surface area contributed by atoms with Crippen molar-refractivity contribution < 1.29 is 4.74 Å². The Balaban J connectivity index is 2.25. The predicted molar refractivity (Wildman–Crippen MR) is 56.0 cm³/mol. The molecule has 0 saturated carbocycles. The van der Waals surface area contributed by atoms with Crippen LogP contribution in [0.25, 0.3) is 0 Å². The molecule has 0 atom stereocenters. The second-order valence-corrected chi connectivity index (χ2v) is 3.14. The zero-order chi connectivity index (χ0) is 10.7. The first-order chi connectivity index (χ1) is 7.25. The number of nitrogens with one attached hydrogen (secondary N) is 1. The number of benzene rings is 1. The molecule has 2 aromatic rings. The third-order valence-electron chi connectivity index (χ3n) is 1.94. The third-order valence-corrected chi connectivity index (χ3v) is 1.94. The highest BCUT2D eigenvalue weighted by atomic mass is 16.5. The van der Waals surface area contributed by atoms with Crippen molar-refractivity contribution in [3.05, 3.63) is 42.1 Å².